The minimum atomic E-state index is 0.497. The first-order chi connectivity index (χ1) is 3.72. The van der Waals surface area contributed by atoms with E-state index in [1.165, 1.54) is 11.5 Å². The van der Waals surface area contributed by atoms with Crippen LogP contribution in [0.25, 0.3) is 0 Å². The molecule has 0 saturated heterocycles. The molecular weight excluding hydrogens is 233 g/mol. The Morgan fingerprint density at radius 2 is 2.12 bits per heavy atom. The van der Waals surface area contributed by atoms with Gasteiger partial charge in [0.25, 0.3) is 0 Å². The number of halogens is 3. The van der Waals surface area contributed by atoms with E-state index in [0.29, 0.717) is 14.0 Å². The van der Waals surface area contributed by atoms with E-state index in [-0.39, 0.29) is 0 Å². The van der Waals surface area contributed by atoms with Gasteiger partial charge < -0.3 is 0 Å². The van der Waals surface area contributed by atoms with Gasteiger partial charge in [-0.1, -0.05) is 23.2 Å². The summed E-state index contributed by atoms with van der Waals surface area (Å²) in [4.78, 5) is 0. The second kappa shape index (κ2) is 2.52. The average Bonchev–Trinajstić information content (AvgIpc) is 1.98. The molecule has 0 unspecified atom stereocenters. The summed E-state index contributed by atoms with van der Waals surface area (Å²) in [7, 11) is 0. The number of hydrogen-bond donors (Lipinski definition) is 0. The topological polar surface area (TPSA) is 12.9 Å². The summed E-state index contributed by atoms with van der Waals surface area (Å²) in [6.07, 6.45) is 0. The predicted molar refractivity (Wildman–Crippen MR) is 39.8 cm³/mol. The van der Waals surface area contributed by atoms with Crippen molar-refractivity contribution in [2.24, 2.45) is 0 Å². The number of aromatic nitrogens is 1. The predicted octanol–water partition coefficient (Wildman–Crippen LogP) is 3.21. The second-order valence-corrected chi connectivity index (χ2v) is 3.57. The van der Waals surface area contributed by atoms with Crippen LogP contribution in [-0.4, -0.2) is 4.37 Å². The molecule has 0 N–H and O–H groups in total. The molecule has 1 heterocycles. The van der Waals surface area contributed by atoms with Crippen molar-refractivity contribution >= 4 is 50.7 Å². The van der Waals surface area contributed by atoms with E-state index < -0.39 is 0 Å². The summed E-state index contributed by atoms with van der Waals surface area (Å²) in [5.41, 5.74) is 0. The van der Waals surface area contributed by atoms with Crippen LogP contribution in [0, 0.1) is 0 Å². The van der Waals surface area contributed by atoms with Gasteiger partial charge in [0.15, 0.2) is 0 Å². The molecule has 0 aromatic carbocycles. The van der Waals surface area contributed by atoms with Gasteiger partial charge >= 0.3 is 0 Å². The van der Waals surface area contributed by atoms with E-state index >= 15 is 0 Å². The Labute approximate surface area is 68.9 Å². The van der Waals surface area contributed by atoms with Crippen LogP contribution >= 0.6 is 50.7 Å². The van der Waals surface area contributed by atoms with Gasteiger partial charge in [0.1, 0.15) is 14.0 Å². The zero-order valence-electron chi connectivity index (χ0n) is 3.49. The lowest BCUT2D eigenvalue weighted by atomic mass is 10.8. The van der Waals surface area contributed by atoms with Crippen LogP contribution in [0.2, 0.25) is 9.36 Å². The van der Waals surface area contributed by atoms with E-state index in [4.69, 9.17) is 23.2 Å². The first-order valence-corrected chi connectivity index (χ1v) is 4.00. The zero-order chi connectivity index (χ0) is 6.15. The smallest absolute Gasteiger partial charge is 0.140 e. The lowest BCUT2D eigenvalue weighted by molar-refractivity contribution is 1.50. The van der Waals surface area contributed by atoms with Crippen LogP contribution in [0.15, 0.2) is 4.60 Å². The van der Waals surface area contributed by atoms with Gasteiger partial charge in [0, 0.05) is 0 Å². The second-order valence-electron chi connectivity index (χ2n) is 1.06. The molecule has 1 rings (SSSR count). The van der Waals surface area contributed by atoms with Crippen molar-refractivity contribution in [3.05, 3.63) is 14.0 Å². The molecule has 1 aromatic rings. The van der Waals surface area contributed by atoms with Gasteiger partial charge in [0.2, 0.25) is 0 Å². The number of nitrogens with zero attached hydrogens (tertiary/aromatic N) is 1. The molecule has 0 saturated carbocycles. The molecule has 1 aromatic heterocycles. The summed E-state index contributed by atoms with van der Waals surface area (Å²) in [6.45, 7) is 0. The highest BCUT2D eigenvalue weighted by Crippen LogP contribution is 2.32. The van der Waals surface area contributed by atoms with E-state index in [2.05, 4.69) is 20.3 Å². The van der Waals surface area contributed by atoms with E-state index in [9.17, 15) is 0 Å². The number of rotatable bonds is 0. The third-order valence-corrected chi connectivity index (χ3v) is 3.21. The first kappa shape index (κ1) is 6.81. The quantitative estimate of drug-likeness (QED) is 0.670. The summed E-state index contributed by atoms with van der Waals surface area (Å²) >= 11 is 15.4. The maximum Gasteiger partial charge on any atom is 0.140 e. The molecule has 8 heavy (non-hydrogen) atoms. The molecule has 0 aliphatic rings. The first-order valence-electron chi connectivity index (χ1n) is 1.68. The molecule has 0 amide bonds. The fraction of sp³-hybridized carbons (Fsp3) is 0. The lowest BCUT2D eigenvalue weighted by Gasteiger charge is -1.76. The van der Waals surface area contributed by atoms with Crippen molar-refractivity contribution in [2.45, 2.75) is 0 Å². The molecule has 0 atom stereocenters. The summed E-state index contributed by atoms with van der Waals surface area (Å²) in [5.74, 6) is 0. The normalized spacial score (nSPS) is 9.88. The van der Waals surface area contributed by atoms with Gasteiger partial charge in [-0.2, -0.15) is 4.37 Å². The zero-order valence-corrected chi connectivity index (χ0v) is 7.40. The molecule has 5 heteroatoms. The average molecular weight is 233 g/mol. The molecular formula is C3BrCl2NS. The third-order valence-electron chi connectivity index (χ3n) is 0.560. The highest BCUT2D eigenvalue weighted by molar-refractivity contribution is 9.10. The van der Waals surface area contributed by atoms with Crippen molar-refractivity contribution in [3.8, 4) is 0 Å². The van der Waals surface area contributed by atoms with Gasteiger partial charge in [-0.05, 0) is 27.5 Å². The Bertz CT molecular complexity index is 180. The SMILES string of the molecule is Clc1snc(Br)c1Cl. The van der Waals surface area contributed by atoms with Crippen LogP contribution < -0.4 is 0 Å². The molecule has 1 nitrogen and oxygen atoms in total. The van der Waals surface area contributed by atoms with Gasteiger partial charge in [0.05, 0.1) is 0 Å². The highest BCUT2D eigenvalue weighted by Gasteiger charge is 2.04. The van der Waals surface area contributed by atoms with Crippen LogP contribution in [0.1, 0.15) is 0 Å². The van der Waals surface area contributed by atoms with Crippen molar-refractivity contribution in [1.82, 2.24) is 4.37 Å². The van der Waals surface area contributed by atoms with Crippen LogP contribution in [0.5, 0.6) is 0 Å². The van der Waals surface area contributed by atoms with Crippen molar-refractivity contribution < 1.29 is 0 Å². The summed E-state index contributed by atoms with van der Waals surface area (Å²) < 4.78 is 4.96. The molecule has 0 bridgehead atoms. The van der Waals surface area contributed by atoms with E-state index in [1.54, 1.807) is 0 Å². The molecule has 0 radical (unpaired) electrons. The standard InChI is InChI=1S/C3BrCl2NS/c4-2-1(5)3(6)8-7-2. The minimum absolute atomic E-state index is 0.497. The Kier molecular flexibility index (Phi) is 2.14. The maximum absolute atomic E-state index is 5.56. The van der Waals surface area contributed by atoms with Crippen LogP contribution in [0.3, 0.4) is 0 Å². The Hall–Kier alpha value is 0.690. The maximum atomic E-state index is 5.56. The molecule has 0 fully saturated rings. The minimum Gasteiger partial charge on any atom is -0.183 e. The Morgan fingerprint density at radius 3 is 2.25 bits per heavy atom. The molecule has 44 valence electrons. The monoisotopic (exact) mass is 231 g/mol. The number of hydrogen-bond acceptors (Lipinski definition) is 2. The van der Waals surface area contributed by atoms with Crippen LogP contribution in [-0.2, 0) is 0 Å². The largest absolute Gasteiger partial charge is 0.183 e. The molecule has 0 spiro atoms. The fourth-order valence-corrected chi connectivity index (χ4v) is 1.72. The third kappa shape index (κ3) is 1.16. The molecule has 0 aliphatic heterocycles. The van der Waals surface area contributed by atoms with E-state index in [1.807, 2.05) is 0 Å². The van der Waals surface area contributed by atoms with Crippen molar-refractivity contribution in [3.63, 3.8) is 0 Å². The van der Waals surface area contributed by atoms with Gasteiger partial charge in [-0.25, -0.2) is 0 Å². The lowest BCUT2D eigenvalue weighted by Crippen LogP contribution is -1.55. The van der Waals surface area contributed by atoms with Crippen molar-refractivity contribution in [2.75, 3.05) is 0 Å². The van der Waals surface area contributed by atoms with E-state index in [0.717, 1.165) is 0 Å². The van der Waals surface area contributed by atoms with Gasteiger partial charge in [-0.15, -0.1) is 0 Å². The summed E-state index contributed by atoms with van der Waals surface area (Å²) in [5, 5.41) is 0.497. The Balaban J connectivity index is 3.19. The van der Waals surface area contributed by atoms with Crippen molar-refractivity contribution in [1.29, 1.82) is 0 Å². The van der Waals surface area contributed by atoms with Crippen LogP contribution in [0.4, 0.5) is 0 Å². The molecule has 0 aliphatic carbocycles. The Morgan fingerprint density at radius 1 is 1.50 bits per heavy atom. The summed E-state index contributed by atoms with van der Waals surface area (Å²) in [6, 6.07) is 0. The highest BCUT2D eigenvalue weighted by atomic mass is 79.9. The van der Waals surface area contributed by atoms with Gasteiger partial charge in [-0.3, -0.25) is 0 Å². The fourth-order valence-electron chi connectivity index (χ4n) is 0.241.